The summed E-state index contributed by atoms with van der Waals surface area (Å²) in [5.74, 6) is 0. The molecule has 0 saturated carbocycles. The zero-order chi connectivity index (χ0) is 14.9. The summed E-state index contributed by atoms with van der Waals surface area (Å²) in [7, 11) is 0. The topological polar surface area (TPSA) is 116 Å². The molecular formula is C13H18BrNO5. The Morgan fingerprint density at radius 2 is 1.70 bits per heavy atom. The van der Waals surface area contributed by atoms with E-state index in [1.165, 1.54) is 0 Å². The molecule has 1 aromatic rings. The van der Waals surface area contributed by atoms with Crippen molar-refractivity contribution in [1.82, 2.24) is 0 Å². The molecule has 1 aliphatic rings. The summed E-state index contributed by atoms with van der Waals surface area (Å²) in [4.78, 5) is 0. The maximum atomic E-state index is 10.0. The molecule has 1 unspecified atom stereocenters. The molecular weight excluding hydrogens is 330 g/mol. The van der Waals surface area contributed by atoms with Crippen molar-refractivity contribution in [3.8, 4) is 0 Å². The first-order valence-corrected chi connectivity index (χ1v) is 7.06. The summed E-state index contributed by atoms with van der Waals surface area (Å²) in [6, 6.07) is 6.47. The normalized spacial score (nSPS) is 35.8. The molecule has 1 heterocycles. The van der Waals surface area contributed by atoms with Crippen LogP contribution in [0.25, 0.3) is 0 Å². The molecule has 6 nitrogen and oxygen atoms in total. The van der Waals surface area contributed by atoms with Gasteiger partial charge in [-0.1, -0.05) is 28.1 Å². The van der Waals surface area contributed by atoms with Gasteiger partial charge in [0.2, 0.25) is 0 Å². The highest BCUT2D eigenvalue weighted by Gasteiger charge is 2.45. The quantitative estimate of drug-likeness (QED) is 0.493. The van der Waals surface area contributed by atoms with Gasteiger partial charge in [-0.3, -0.25) is 0 Å². The van der Waals surface area contributed by atoms with Crippen LogP contribution >= 0.6 is 15.9 Å². The van der Waals surface area contributed by atoms with Crippen LogP contribution in [0.3, 0.4) is 0 Å². The number of benzene rings is 1. The molecule has 1 aliphatic heterocycles. The first kappa shape index (κ1) is 15.8. The summed E-state index contributed by atoms with van der Waals surface area (Å²) in [6.07, 6.45) is -5.96. The number of hydrogen-bond donors (Lipinski definition) is 5. The summed E-state index contributed by atoms with van der Waals surface area (Å²) >= 11 is 3.31. The largest absolute Gasteiger partial charge is 0.394 e. The monoisotopic (exact) mass is 347 g/mol. The predicted molar refractivity (Wildman–Crippen MR) is 74.8 cm³/mol. The van der Waals surface area contributed by atoms with Gasteiger partial charge in [-0.05, 0) is 17.7 Å². The molecule has 0 spiro atoms. The van der Waals surface area contributed by atoms with Crippen molar-refractivity contribution in [2.75, 3.05) is 6.61 Å². The van der Waals surface area contributed by atoms with Crippen LogP contribution in [0.1, 0.15) is 11.6 Å². The van der Waals surface area contributed by atoms with Crippen LogP contribution in [0.4, 0.5) is 0 Å². The van der Waals surface area contributed by atoms with E-state index in [1.54, 1.807) is 24.3 Å². The first-order valence-electron chi connectivity index (χ1n) is 6.27. The molecule has 0 radical (unpaired) electrons. The van der Waals surface area contributed by atoms with Crippen LogP contribution in [-0.4, -0.2) is 57.6 Å². The van der Waals surface area contributed by atoms with Crippen LogP contribution in [0.15, 0.2) is 28.7 Å². The van der Waals surface area contributed by atoms with E-state index in [0.29, 0.717) is 0 Å². The van der Waals surface area contributed by atoms with E-state index in [4.69, 9.17) is 15.6 Å². The summed E-state index contributed by atoms with van der Waals surface area (Å²) < 4.78 is 6.32. The van der Waals surface area contributed by atoms with E-state index >= 15 is 0 Å². The Morgan fingerprint density at radius 1 is 1.10 bits per heavy atom. The Morgan fingerprint density at radius 3 is 2.25 bits per heavy atom. The van der Waals surface area contributed by atoms with Crippen LogP contribution < -0.4 is 5.73 Å². The second-order valence-electron chi connectivity index (χ2n) is 4.87. The second kappa shape index (κ2) is 6.48. The van der Waals surface area contributed by atoms with Crippen molar-refractivity contribution >= 4 is 15.9 Å². The molecule has 6 atom stereocenters. The molecule has 0 bridgehead atoms. The van der Waals surface area contributed by atoms with E-state index in [0.717, 1.165) is 10.0 Å². The number of hydrogen-bond acceptors (Lipinski definition) is 6. The summed E-state index contributed by atoms with van der Waals surface area (Å²) in [5, 5.41) is 38.6. The van der Waals surface area contributed by atoms with Gasteiger partial charge >= 0.3 is 0 Å². The van der Waals surface area contributed by atoms with Gasteiger partial charge in [0.25, 0.3) is 0 Å². The lowest BCUT2D eigenvalue weighted by molar-refractivity contribution is -0.234. The minimum absolute atomic E-state index is 0.464. The molecule has 0 aromatic heterocycles. The summed E-state index contributed by atoms with van der Waals surface area (Å²) in [6.45, 7) is -0.464. The maximum absolute atomic E-state index is 10.0. The fourth-order valence-corrected chi connectivity index (χ4v) is 2.57. The Bertz CT molecular complexity index is 441. The number of rotatable bonds is 3. The van der Waals surface area contributed by atoms with Gasteiger partial charge < -0.3 is 30.9 Å². The Labute approximate surface area is 124 Å². The Balaban J connectivity index is 2.19. The molecule has 0 amide bonds. The highest BCUT2D eigenvalue weighted by Crippen LogP contribution is 2.29. The fourth-order valence-electron chi connectivity index (χ4n) is 2.30. The molecule has 20 heavy (non-hydrogen) atoms. The smallest absolute Gasteiger partial charge is 0.111 e. The molecule has 1 saturated heterocycles. The number of halogens is 1. The van der Waals surface area contributed by atoms with Crippen molar-refractivity contribution in [3.05, 3.63) is 34.3 Å². The van der Waals surface area contributed by atoms with Gasteiger partial charge in [0, 0.05) is 4.47 Å². The molecule has 112 valence electrons. The van der Waals surface area contributed by atoms with Crippen LogP contribution in [-0.2, 0) is 4.74 Å². The number of aliphatic hydroxyl groups is 4. The fraction of sp³-hybridized carbons (Fsp3) is 0.538. The molecule has 1 aromatic carbocycles. The van der Waals surface area contributed by atoms with E-state index < -0.39 is 43.2 Å². The van der Waals surface area contributed by atoms with E-state index in [2.05, 4.69) is 15.9 Å². The van der Waals surface area contributed by atoms with Gasteiger partial charge in [-0.25, -0.2) is 0 Å². The third-order valence-corrected chi connectivity index (χ3v) is 4.07. The van der Waals surface area contributed by atoms with Crippen molar-refractivity contribution in [2.24, 2.45) is 5.73 Å². The van der Waals surface area contributed by atoms with Crippen LogP contribution in [0, 0.1) is 0 Å². The standard InChI is InChI=1S/C13H18BrNO5/c14-7-3-1-6(2-4-7)9(15)13-12(19)11(18)10(17)8(5-16)20-13/h1-4,8-13,16-19H,5,15H2/t8-,9?,10-,11+,12-,13+/m1/s1. The molecule has 2 rings (SSSR count). The zero-order valence-electron chi connectivity index (χ0n) is 10.6. The SMILES string of the molecule is NC(c1ccc(Br)cc1)[C@@H]1O[C@H](CO)[C@@H](O)[C@H](O)[C@H]1O. The van der Waals surface area contributed by atoms with Gasteiger partial charge in [-0.15, -0.1) is 0 Å². The predicted octanol–water partition coefficient (Wildman–Crippen LogP) is -0.709. The summed E-state index contributed by atoms with van der Waals surface area (Å²) in [5.41, 5.74) is 6.78. The number of nitrogens with two attached hydrogens (primary N) is 1. The average molecular weight is 348 g/mol. The highest BCUT2D eigenvalue weighted by molar-refractivity contribution is 9.10. The van der Waals surface area contributed by atoms with Crippen molar-refractivity contribution in [1.29, 1.82) is 0 Å². The van der Waals surface area contributed by atoms with Gasteiger partial charge in [0.15, 0.2) is 0 Å². The molecule has 0 aliphatic carbocycles. The van der Waals surface area contributed by atoms with Crippen molar-refractivity contribution in [2.45, 2.75) is 36.6 Å². The van der Waals surface area contributed by atoms with Crippen molar-refractivity contribution < 1.29 is 25.2 Å². The average Bonchev–Trinajstić information content (AvgIpc) is 2.45. The Kier molecular flexibility index (Phi) is 5.14. The highest BCUT2D eigenvalue weighted by atomic mass is 79.9. The maximum Gasteiger partial charge on any atom is 0.111 e. The van der Waals surface area contributed by atoms with Gasteiger partial charge in [0.05, 0.1) is 12.6 Å². The molecule has 1 fully saturated rings. The molecule has 6 N–H and O–H groups in total. The van der Waals surface area contributed by atoms with E-state index in [1.807, 2.05) is 0 Å². The molecule has 7 heteroatoms. The lowest BCUT2D eigenvalue weighted by Gasteiger charge is -2.42. The van der Waals surface area contributed by atoms with Gasteiger partial charge in [-0.2, -0.15) is 0 Å². The third-order valence-electron chi connectivity index (χ3n) is 3.54. The lowest BCUT2D eigenvalue weighted by Crippen LogP contribution is -2.60. The lowest BCUT2D eigenvalue weighted by atomic mass is 9.89. The minimum atomic E-state index is -1.41. The van der Waals surface area contributed by atoms with E-state index in [9.17, 15) is 15.3 Å². The van der Waals surface area contributed by atoms with Crippen molar-refractivity contribution in [3.63, 3.8) is 0 Å². The second-order valence-corrected chi connectivity index (χ2v) is 5.79. The van der Waals surface area contributed by atoms with Crippen LogP contribution in [0.5, 0.6) is 0 Å². The Hall–Kier alpha value is -0.540. The van der Waals surface area contributed by atoms with Gasteiger partial charge in [0.1, 0.15) is 30.5 Å². The third kappa shape index (κ3) is 3.04. The zero-order valence-corrected chi connectivity index (χ0v) is 12.2. The van der Waals surface area contributed by atoms with Crippen LogP contribution in [0.2, 0.25) is 0 Å². The van der Waals surface area contributed by atoms with E-state index in [-0.39, 0.29) is 0 Å². The number of ether oxygens (including phenoxy) is 1. The number of aliphatic hydroxyl groups excluding tert-OH is 4. The first-order chi connectivity index (χ1) is 9.45. The minimum Gasteiger partial charge on any atom is -0.394 e.